The number of carbonyl (C=O) groups excluding carboxylic acids is 1. The minimum Gasteiger partial charge on any atom is -0.497 e. The minimum absolute atomic E-state index is 0.263. The van der Waals surface area contributed by atoms with E-state index in [1.807, 2.05) is 41.9 Å². The van der Waals surface area contributed by atoms with Crippen LogP contribution < -0.4 is 14.9 Å². The quantitative estimate of drug-likeness (QED) is 0.575. The van der Waals surface area contributed by atoms with Gasteiger partial charge in [0.05, 0.1) is 26.0 Å². The number of benzene rings is 2. The summed E-state index contributed by atoms with van der Waals surface area (Å²) in [4.78, 5) is 12.4. The number of para-hydroxylation sites is 1. The lowest BCUT2D eigenvalue weighted by Gasteiger charge is -2.06. The van der Waals surface area contributed by atoms with Crippen LogP contribution in [0.15, 0.2) is 53.8 Å². The molecular formula is C19H19N3O3. The Hall–Kier alpha value is -3.28. The van der Waals surface area contributed by atoms with E-state index >= 15 is 0 Å². The first-order valence-corrected chi connectivity index (χ1v) is 7.73. The van der Waals surface area contributed by atoms with Gasteiger partial charge in [0.15, 0.2) is 0 Å². The van der Waals surface area contributed by atoms with E-state index in [0.29, 0.717) is 17.1 Å². The number of amides is 1. The first-order chi connectivity index (χ1) is 12.1. The molecule has 25 heavy (non-hydrogen) atoms. The van der Waals surface area contributed by atoms with Crippen molar-refractivity contribution >= 4 is 23.0 Å². The molecule has 0 saturated heterocycles. The van der Waals surface area contributed by atoms with E-state index in [1.54, 1.807) is 38.8 Å². The molecule has 0 spiro atoms. The monoisotopic (exact) mass is 337 g/mol. The van der Waals surface area contributed by atoms with Gasteiger partial charge in [-0.05, 0) is 18.2 Å². The number of hydrazone groups is 1. The fraction of sp³-hybridized carbons (Fsp3) is 0.158. The zero-order chi connectivity index (χ0) is 17.8. The van der Waals surface area contributed by atoms with Crippen LogP contribution in [-0.4, -0.2) is 30.9 Å². The molecule has 1 amide bonds. The summed E-state index contributed by atoms with van der Waals surface area (Å²) in [5.41, 5.74) is 4.88. The second kappa shape index (κ2) is 7.09. The number of aryl methyl sites for hydroxylation is 1. The van der Waals surface area contributed by atoms with Crippen LogP contribution in [0.5, 0.6) is 11.5 Å². The fourth-order valence-corrected chi connectivity index (χ4v) is 2.67. The summed E-state index contributed by atoms with van der Waals surface area (Å²) in [5.74, 6) is 1.04. The number of fused-ring (bicyclic) bond motifs is 1. The van der Waals surface area contributed by atoms with E-state index in [1.165, 1.54) is 0 Å². The van der Waals surface area contributed by atoms with E-state index in [2.05, 4.69) is 10.5 Å². The number of nitrogens with one attached hydrogen (secondary N) is 1. The van der Waals surface area contributed by atoms with Crippen molar-refractivity contribution in [3.63, 3.8) is 0 Å². The number of rotatable bonds is 5. The zero-order valence-corrected chi connectivity index (χ0v) is 14.3. The number of ether oxygens (including phenoxy) is 2. The van der Waals surface area contributed by atoms with E-state index in [4.69, 9.17) is 9.47 Å². The molecule has 128 valence electrons. The topological polar surface area (TPSA) is 64.8 Å². The van der Waals surface area contributed by atoms with Crippen LogP contribution in [0.4, 0.5) is 0 Å². The maximum absolute atomic E-state index is 12.4. The molecule has 0 atom stereocenters. The largest absolute Gasteiger partial charge is 0.497 e. The number of methoxy groups -OCH3 is 2. The van der Waals surface area contributed by atoms with Crippen molar-refractivity contribution in [1.82, 2.24) is 9.99 Å². The van der Waals surface area contributed by atoms with Crippen molar-refractivity contribution in [3.05, 3.63) is 59.8 Å². The Morgan fingerprint density at radius 2 is 1.96 bits per heavy atom. The molecule has 1 heterocycles. The lowest BCUT2D eigenvalue weighted by Crippen LogP contribution is -2.17. The third-order valence-electron chi connectivity index (χ3n) is 3.95. The molecule has 0 aliphatic rings. The lowest BCUT2D eigenvalue weighted by molar-refractivity contribution is 0.0956. The van der Waals surface area contributed by atoms with Crippen molar-refractivity contribution in [2.24, 2.45) is 12.1 Å². The van der Waals surface area contributed by atoms with Gasteiger partial charge in [-0.2, -0.15) is 5.10 Å². The van der Waals surface area contributed by atoms with Crippen LogP contribution in [0.25, 0.3) is 10.9 Å². The van der Waals surface area contributed by atoms with Crippen LogP contribution in [0.3, 0.4) is 0 Å². The highest BCUT2D eigenvalue weighted by Gasteiger charge is 2.12. The van der Waals surface area contributed by atoms with E-state index in [0.717, 1.165) is 16.5 Å². The summed E-state index contributed by atoms with van der Waals surface area (Å²) in [7, 11) is 5.07. The number of aromatic nitrogens is 1. The number of hydrogen-bond donors (Lipinski definition) is 1. The normalized spacial score (nSPS) is 11.0. The molecule has 0 radical (unpaired) electrons. The number of hydrogen-bond acceptors (Lipinski definition) is 4. The molecule has 0 aliphatic carbocycles. The molecule has 0 aliphatic heterocycles. The standard InChI is InChI=1S/C19H19N3O3/c1-22-12-16(15-6-4-5-7-17(15)22)19(23)21-20-11-13-8-9-14(24-2)10-18(13)25-3/h4-12H,1-3H3,(H,21,23). The second-order valence-corrected chi connectivity index (χ2v) is 5.48. The van der Waals surface area contributed by atoms with E-state index in [-0.39, 0.29) is 5.91 Å². The molecule has 0 fully saturated rings. The Morgan fingerprint density at radius 1 is 1.16 bits per heavy atom. The van der Waals surface area contributed by atoms with Gasteiger partial charge in [0.25, 0.3) is 5.91 Å². The molecule has 1 N–H and O–H groups in total. The molecule has 3 rings (SSSR count). The number of carbonyl (C=O) groups is 1. The van der Waals surface area contributed by atoms with Crippen molar-refractivity contribution in [2.45, 2.75) is 0 Å². The van der Waals surface area contributed by atoms with E-state index in [9.17, 15) is 4.79 Å². The Morgan fingerprint density at radius 3 is 2.72 bits per heavy atom. The van der Waals surface area contributed by atoms with Crippen molar-refractivity contribution in [2.75, 3.05) is 14.2 Å². The fourth-order valence-electron chi connectivity index (χ4n) is 2.67. The summed E-state index contributed by atoms with van der Waals surface area (Å²) in [6.07, 6.45) is 3.34. The highest BCUT2D eigenvalue weighted by molar-refractivity contribution is 6.07. The Labute approximate surface area is 145 Å². The highest BCUT2D eigenvalue weighted by atomic mass is 16.5. The third kappa shape index (κ3) is 3.33. The summed E-state index contributed by atoms with van der Waals surface area (Å²) in [6, 6.07) is 13.1. The van der Waals surface area contributed by atoms with Gasteiger partial charge < -0.3 is 14.0 Å². The predicted octanol–water partition coefficient (Wildman–Crippen LogP) is 2.96. The molecule has 6 heteroatoms. The predicted molar refractivity (Wildman–Crippen MR) is 97.5 cm³/mol. The minimum atomic E-state index is -0.263. The summed E-state index contributed by atoms with van der Waals surface area (Å²) in [6.45, 7) is 0. The van der Waals surface area contributed by atoms with Gasteiger partial charge in [-0.3, -0.25) is 4.79 Å². The van der Waals surface area contributed by atoms with Crippen molar-refractivity contribution in [1.29, 1.82) is 0 Å². The lowest BCUT2D eigenvalue weighted by atomic mass is 10.2. The molecule has 0 bridgehead atoms. The first-order valence-electron chi connectivity index (χ1n) is 7.73. The summed E-state index contributed by atoms with van der Waals surface area (Å²) < 4.78 is 12.4. The van der Waals surface area contributed by atoms with Crippen LogP contribution in [-0.2, 0) is 7.05 Å². The Bertz CT molecular complexity index is 944. The maximum Gasteiger partial charge on any atom is 0.273 e. The molecule has 0 unspecified atom stereocenters. The van der Waals surface area contributed by atoms with Gasteiger partial charge in [-0.15, -0.1) is 0 Å². The summed E-state index contributed by atoms with van der Waals surface area (Å²) >= 11 is 0. The summed E-state index contributed by atoms with van der Waals surface area (Å²) in [5, 5.41) is 4.93. The second-order valence-electron chi connectivity index (χ2n) is 5.48. The first kappa shape index (κ1) is 16.6. The van der Waals surface area contributed by atoms with Crippen molar-refractivity contribution in [3.8, 4) is 11.5 Å². The zero-order valence-electron chi connectivity index (χ0n) is 14.3. The van der Waals surface area contributed by atoms with Gasteiger partial charge in [0, 0.05) is 35.8 Å². The molecule has 2 aromatic carbocycles. The SMILES string of the molecule is COc1ccc(C=NNC(=O)c2cn(C)c3ccccc23)c(OC)c1. The molecule has 6 nitrogen and oxygen atoms in total. The smallest absolute Gasteiger partial charge is 0.273 e. The van der Waals surface area contributed by atoms with Crippen LogP contribution in [0.1, 0.15) is 15.9 Å². The average Bonchev–Trinajstić information content (AvgIpc) is 2.99. The van der Waals surface area contributed by atoms with Crippen molar-refractivity contribution < 1.29 is 14.3 Å². The molecule has 1 aromatic heterocycles. The van der Waals surface area contributed by atoms with Crippen LogP contribution >= 0.6 is 0 Å². The van der Waals surface area contributed by atoms with Crippen LogP contribution in [0, 0.1) is 0 Å². The third-order valence-corrected chi connectivity index (χ3v) is 3.95. The molecular weight excluding hydrogens is 318 g/mol. The van der Waals surface area contributed by atoms with Gasteiger partial charge in [0.2, 0.25) is 0 Å². The van der Waals surface area contributed by atoms with Gasteiger partial charge >= 0.3 is 0 Å². The Kier molecular flexibility index (Phi) is 4.70. The molecule has 3 aromatic rings. The van der Waals surface area contributed by atoms with Crippen LogP contribution in [0.2, 0.25) is 0 Å². The van der Waals surface area contributed by atoms with E-state index < -0.39 is 0 Å². The van der Waals surface area contributed by atoms with Gasteiger partial charge in [-0.1, -0.05) is 18.2 Å². The number of nitrogens with zero attached hydrogens (tertiary/aromatic N) is 2. The Balaban J connectivity index is 1.79. The van der Waals surface area contributed by atoms with Gasteiger partial charge in [0.1, 0.15) is 11.5 Å². The average molecular weight is 337 g/mol. The maximum atomic E-state index is 12.4. The highest BCUT2D eigenvalue weighted by Crippen LogP contribution is 2.23. The van der Waals surface area contributed by atoms with Gasteiger partial charge in [-0.25, -0.2) is 5.43 Å². The molecule has 0 saturated carbocycles.